The lowest BCUT2D eigenvalue weighted by atomic mass is 10.1. The number of non-ortho nitro benzene ring substituents is 1. The lowest BCUT2D eigenvalue weighted by molar-refractivity contribution is -0.384. The van der Waals surface area contributed by atoms with E-state index in [-0.39, 0.29) is 5.69 Å². The molecular formula is C21H14INO3. The third kappa shape index (κ3) is 4.61. The highest BCUT2D eigenvalue weighted by Gasteiger charge is 2.05. The molecule has 0 saturated carbocycles. The van der Waals surface area contributed by atoms with Crippen LogP contribution in [0, 0.1) is 25.5 Å². The average molecular weight is 455 g/mol. The molecule has 0 heterocycles. The van der Waals surface area contributed by atoms with Crippen LogP contribution in [-0.2, 0) is 6.61 Å². The molecule has 3 aromatic rings. The Morgan fingerprint density at radius 3 is 2.54 bits per heavy atom. The minimum absolute atomic E-state index is 0.0343. The molecule has 0 unspecified atom stereocenters. The molecule has 0 radical (unpaired) electrons. The molecule has 26 heavy (non-hydrogen) atoms. The highest BCUT2D eigenvalue weighted by Crippen LogP contribution is 2.21. The van der Waals surface area contributed by atoms with E-state index < -0.39 is 4.92 Å². The largest absolute Gasteiger partial charge is 0.488 e. The lowest BCUT2D eigenvalue weighted by Gasteiger charge is -2.09. The summed E-state index contributed by atoms with van der Waals surface area (Å²) in [6, 6.07) is 21.9. The molecule has 4 nitrogen and oxygen atoms in total. The van der Waals surface area contributed by atoms with Gasteiger partial charge in [-0.25, -0.2) is 0 Å². The van der Waals surface area contributed by atoms with Crippen LogP contribution in [0.4, 0.5) is 5.69 Å². The number of ether oxygens (including phenoxy) is 1. The van der Waals surface area contributed by atoms with Crippen molar-refractivity contribution in [3.63, 3.8) is 0 Å². The Balaban J connectivity index is 1.81. The number of para-hydroxylation sites is 1. The van der Waals surface area contributed by atoms with Crippen LogP contribution in [0.2, 0.25) is 0 Å². The number of nitro groups is 1. The smallest absolute Gasteiger partial charge is 0.270 e. The molecule has 3 rings (SSSR count). The first-order valence-corrected chi connectivity index (χ1v) is 8.93. The summed E-state index contributed by atoms with van der Waals surface area (Å²) in [6.45, 7) is 0.403. The SMILES string of the molecule is O=[N+]([O-])c1cccc(C#Cc2ccccc2COc2ccccc2I)c1. The maximum Gasteiger partial charge on any atom is 0.270 e. The van der Waals surface area contributed by atoms with Gasteiger partial charge in [-0.05, 0) is 46.9 Å². The summed E-state index contributed by atoms with van der Waals surface area (Å²) in [5, 5.41) is 10.9. The van der Waals surface area contributed by atoms with E-state index in [4.69, 9.17) is 4.74 Å². The van der Waals surface area contributed by atoms with Crippen molar-refractivity contribution in [2.75, 3.05) is 0 Å². The normalized spacial score (nSPS) is 9.88. The fraction of sp³-hybridized carbons (Fsp3) is 0.0476. The van der Waals surface area contributed by atoms with Crippen LogP contribution in [0.25, 0.3) is 0 Å². The van der Waals surface area contributed by atoms with Crippen LogP contribution in [-0.4, -0.2) is 4.92 Å². The molecule has 128 valence electrons. The number of halogens is 1. The van der Waals surface area contributed by atoms with Gasteiger partial charge in [0.05, 0.1) is 8.49 Å². The molecule has 3 aromatic carbocycles. The number of nitro benzene ring substituents is 1. The van der Waals surface area contributed by atoms with Gasteiger partial charge >= 0.3 is 0 Å². The molecule has 0 fully saturated rings. The molecule has 0 N–H and O–H groups in total. The first kappa shape index (κ1) is 18.0. The molecule has 0 aromatic heterocycles. The second kappa shape index (κ2) is 8.50. The average Bonchev–Trinajstić information content (AvgIpc) is 2.66. The predicted octanol–water partition coefficient (Wildman–Crippen LogP) is 5.18. The number of hydrogen-bond acceptors (Lipinski definition) is 3. The van der Waals surface area contributed by atoms with Crippen LogP contribution in [0.3, 0.4) is 0 Å². The number of benzene rings is 3. The summed E-state index contributed by atoms with van der Waals surface area (Å²) in [4.78, 5) is 10.4. The third-order valence-electron chi connectivity index (χ3n) is 3.64. The predicted molar refractivity (Wildman–Crippen MR) is 109 cm³/mol. The monoisotopic (exact) mass is 455 g/mol. The molecule has 0 spiro atoms. The zero-order chi connectivity index (χ0) is 18.4. The maximum atomic E-state index is 10.9. The van der Waals surface area contributed by atoms with Crippen molar-refractivity contribution in [3.8, 4) is 17.6 Å². The molecule has 0 aliphatic rings. The van der Waals surface area contributed by atoms with E-state index in [0.717, 1.165) is 20.4 Å². The van der Waals surface area contributed by atoms with E-state index in [1.165, 1.54) is 12.1 Å². The van der Waals surface area contributed by atoms with Gasteiger partial charge in [0, 0.05) is 28.8 Å². The summed E-state index contributed by atoms with van der Waals surface area (Å²) < 4.78 is 6.95. The zero-order valence-electron chi connectivity index (χ0n) is 13.7. The van der Waals surface area contributed by atoms with Crippen LogP contribution in [0.1, 0.15) is 16.7 Å². The van der Waals surface area contributed by atoms with Gasteiger partial charge in [0.2, 0.25) is 0 Å². The van der Waals surface area contributed by atoms with Gasteiger partial charge in [-0.2, -0.15) is 0 Å². The van der Waals surface area contributed by atoms with E-state index >= 15 is 0 Å². The molecular weight excluding hydrogens is 441 g/mol. The lowest BCUT2D eigenvalue weighted by Crippen LogP contribution is -1.99. The Labute approximate surface area is 165 Å². The Hall–Kier alpha value is -2.85. The van der Waals surface area contributed by atoms with E-state index in [0.29, 0.717) is 12.2 Å². The summed E-state index contributed by atoms with van der Waals surface area (Å²) in [5.74, 6) is 6.92. The molecule has 0 bridgehead atoms. The van der Waals surface area contributed by atoms with Crippen molar-refractivity contribution >= 4 is 28.3 Å². The standard InChI is InChI=1S/C21H14INO3/c22-20-10-3-4-11-21(20)26-15-18-8-2-1-7-17(18)13-12-16-6-5-9-19(14-16)23(24)25/h1-11,14H,15H2. The fourth-order valence-corrected chi connectivity index (χ4v) is 2.87. The molecule has 0 atom stereocenters. The Bertz CT molecular complexity index is 1010. The van der Waals surface area contributed by atoms with Gasteiger partial charge in [0.1, 0.15) is 12.4 Å². The summed E-state index contributed by atoms with van der Waals surface area (Å²) in [6.07, 6.45) is 0. The van der Waals surface area contributed by atoms with Crippen molar-refractivity contribution in [2.24, 2.45) is 0 Å². The van der Waals surface area contributed by atoms with Crippen molar-refractivity contribution in [2.45, 2.75) is 6.61 Å². The summed E-state index contributed by atoms with van der Waals surface area (Å²) >= 11 is 2.24. The second-order valence-corrected chi connectivity index (χ2v) is 6.60. The Morgan fingerprint density at radius 1 is 0.962 bits per heavy atom. The van der Waals surface area contributed by atoms with Crippen LogP contribution < -0.4 is 4.74 Å². The van der Waals surface area contributed by atoms with Gasteiger partial charge in [-0.3, -0.25) is 10.1 Å². The highest BCUT2D eigenvalue weighted by atomic mass is 127. The Morgan fingerprint density at radius 2 is 1.73 bits per heavy atom. The van der Waals surface area contributed by atoms with Crippen LogP contribution in [0.15, 0.2) is 72.8 Å². The first-order valence-electron chi connectivity index (χ1n) is 7.85. The van der Waals surface area contributed by atoms with Gasteiger partial charge in [-0.1, -0.05) is 48.2 Å². The van der Waals surface area contributed by atoms with E-state index in [9.17, 15) is 10.1 Å². The quantitative estimate of drug-likeness (QED) is 0.236. The minimum atomic E-state index is -0.422. The zero-order valence-corrected chi connectivity index (χ0v) is 15.8. The number of hydrogen-bond donors (Lipinski definition) is 0. The van der Waals surface area contributed by atoms with Crippen molar-refractivity contribution < 1.29 is 9.66 Å². The van der Waals surface area contributed by atoms with Crippen molar-refractivity contribution in [1.29, 1.82) is 0 Å². The number of rotatable bonds is 4. The highest BCUT2D eigenvalue weighted by molar-refractivity contribution is 14.1. The minimum Gasteiger partial charge on any atom is -0.488 e. The Kier molecular flexibility index (Phi) is 5.87. The van der Waals surface area contributed by atoms with E-state index in [2.05, 4.69) is 34.4 Å². The molecule has 5 heteroatoms. The van der Waals surface area contributed by atoms with Crippen molar-refractivity contribution in [1.82, 2.24) is 0 Å². The van der Waals surface area contributed by atoms with Crippen LogP contribution in [0.5, 0.6) is 5.75 Å². The third-order valence-corrected chi connectivity index (χ3v) is 4.53. The van der Waals surface area contributed by atoms with Gasteiger partial charge < -0.3 is 4.74 Å². The fourth-order valence-electron chi connectivity index (χ4n) is 2.32. The second-order valence-electron chi connectivity index (χ2n) is 5.43. The van der Waals surface area contributed by atoms with Gasteiger partial charge in [0.25, 0.3) is 5.69 Å². The molecule has 0 saturated heterocycles. The van der Waals surface area contributed by atoms with Crippen molar-refractivity contribution in [3.05, 3.63) is 103 Å². The van der Waals surface area contributed by atoms with E-state index in [1.807, 2.05) is 48.5 Å². The molecule has 0 aliphatic carbocycles. The first-order chi connectivity index (χ1) is 12.6. The summed E-state index contributed by atoms with van der Waals surface area (Å²) in [7, 11) is 0. The van der Waals surface area contributed by atoms with Gasteiger partial charge in [0.15, 0.2) is 0 Å². The van der Waals surface area contributed by atoms with Crippen LogP contribution >= 0.6 is 22.6 Å². The van der Waals surface area contributed by atoms with Gasteiger partial charge in [-0.15, -0.1) is 0 Å². The topological polar surface area (TPSA) is 52.4 Å². The molecule has 0 aliphatic heterocycles. The molecule has 0 amide bonds. The maximum absolute atomic E-state index is 10.9. The van der Waals surface area contributed by atoms with E-state index in [1.54, 1.807) is 12.1 Å². The summed E-state index contributed by atoms with van der Waals surface area (Å²) in [5.41, 5.74) is 2.44. The number of nitrogens with zero attached hydrogens (tertiary/aromatic N) is 1.